The molecule has 1 aromatic carbocycles. The van der Waals surface area contributed by atoms with Crippen LogP contribution in [0.2, 0.25) is 0 Å². The maximum Gasteiger partial charge on any atom is 0.285 e. The number of allylic oxidation sites excluding steroid dienone is 1. The van der Waals surface area contributed by atoms with E-state index in [1.165, 1.54) is 12.1 Å². The summed E-state index contributed by atoms with van der Waals surface area (Å²) in [6, 6.07) is 7.90. The first-order chi connectivity index (χ1) is 7.67. The Morgan fingerprint density at radius 2 is 1.94 bits per heavy atom. The van der Waals surface area contributed by atoms with Crippen molar-refractivity contribution in [1.82, 2.24) is 5.32 Å². The molecule has 16 heavy (non-hydrogen) atoms. The van der Waals surface area contributed by atoms with E-state index in [4.69, 9.17) is 0 Å². The largest absolute Gasteiger partial charge is 0.311 e. The Labute approximate surface area is 95.2 Å². The summed E-state index contributed by atoms with van der Waals surface area (Å²) in [6.45, 7) is 2.18. The van der Waals surface area contributed by atoms with Crippen LogP contribution < -0.4 is 5.32 Å². The molecule has 1 rings (SSSR count). The van der Waals surface area contributed by atoms with Gasteiger partial charge in [-0.25, -0.2) is 0 Å². The molecule has 1 N–H and O–H groups in total. The zero-order valence-corrected chi connectivity index (χ0v) is 9.42. The SMILES string of the molecule is C/C=C/CCNCC(F)(F)c1ccccc1. The quantitative estimate of drug-likeness (QED) is 0.578. The minimum Gasteiger partial charge on any atom is -0.311 e. The average molecular weight is 225 g/mol. The van der Waals surface area contributed by atoms with Crippen LogP contribution in [0.5, 0.6) is 0 Å². The van der Waals surface area contributed by atoms with E-state index in [-0.39, 0.29) is 12.1 Å². The molecule has 0 atom stereocenters. The summed E-state index contributed by atoms with van der Waals surface area (Å²) < 4.78 is 27.2. The van der Waals surface area contributed by atoms with Crippen molar-refractivity contribution in [3.63, 3.8) is 0 Å². The number of hydrogen-bond acceptors (Lipinski definition) is 1. The van der Waals surface area contributed by atoms with E-state index in [2.05, 4.69) is 5.32 Å². The number of benzene rings is 1. The van der Waals surface area contributed by atoms with Gasteiger partial charge in [0.15, 0.2) is 0 Å². The fourth-order valence-electron chi connectivity index (χ4n) is 1.38. The molecule has 0 heterocycles. The van der Waals surface area contributed by atoms with Crippen LogP contribution in [0.3, 0.4) is 0 Å². The van der Waals surface area contributed by atoms with Gasteiger partial charge in [0, 0.05) is 5.56 Å². The lowest BCUT2D eigenvalue weighted by Crippen LogP contribution is -2.31. The standard InChI is InChI=1S/C13H17F2N/c1-2-3-7-10-16-11-13(14,15)12-8-5-4-6-9-12/h2-6,8-9,16H,7,10-11H2,1H3/b3-2+. The Hall–Kier alpha value is -1.22. The molecule has 1 aromatic rings. The Kier molecular flexibility index (Phi) is 5.12. The third-order valence-electron chi connectivity index (χ3n) is 2.27. The molecule has 3 heteroatoms. The number of nitrogens with one attached hydrogen (secondary N) is 1. The second-order valence-electron chi connectivity index (χ2n) is 3.60. The lowest BCUT2D eigenvalue weighted by molar-refractivity contribution is -0.00281. The second-order valence-corrected chi connectivity index (χ2v) is 3.60. The molecule has 1 nitrogen and oxygen atoms in total. The summed E-state index contributed by atoms with van der Waals surface area (Å²) in [5, 5.41) is 2.76. The van der Waals surface area contributed by atoms with Crippen LogP contribution >= 0.6 is 0 Å². The number of alkyl halides is 2. The van der Waals surface area contributed by atoms with Crippen molar-refractivity contribution in [2.75, 3.05) is 13.1 Å². The van der Waals surface area contributed by atoms with Crippen LogP contribution in [0, 0.1) is 0 Å². The van der Waals surface area contributed by atoms with E-state index < -0.39 is 5.92 Å². The van der Waals surface area contributed by atoms with E-state index in [0.29, 0.717) is 6.54 Å². The van der Waals surface area contributed by atoms with Crippen molar-refractivity contribution in [2.45, 2.75) is 19.3 Å². The van der Waals surface area contributed by atoms with Crippen molar-refractivity contribution in [2.24, 2.45) is 0 Å². The van der Waals surface area contributed by atoms with Gasteiger partial charge < -0.3 is 5.32 Å². The van der Waals surface area contributed by atoms with Gasteiger partial charge in [0.05, 0.1) is 6.54 Å². The van der Waals surface area contributed by atoms with Crippen LogP contribution in [-0.4, -0.2) is 13.1 Å². The van der Waals surface area contributed by atoms with Gasteiger partial charge in [-0.1, -0.05) is 42.5 Å². The molecule has 0 aromatic heterocycles. The molecule has 0 amide bonds. The summed E-state index contributed by atoms with van der Waals surface area (Å²) in [6.07, 6.45) is 4.64. The van der Waals surface area contributed by atoms with E-state index in [9.17, 15) is 8.78 Å². The van der Waals surface area contributed by atoms with E-state index in [1.54, 1.807) is 18.2 Å². The van der Waals surface area contributed by atoms with Gasteiger partial charge in [0.25, 0.3) is 5.92 Å². The summed E-state index contributed by atoms with van der Waals surface area (Å²) in [5.74, 6) is -2.79. The fourth-order valence-corrected chi connectivity index (χ4v) is 1.38. The number of halogens is 2. The normalized spacial score (nSPS) is 12.2. The molecule has 0 unspecified atom stereocenters. The minimum absolute atomic E-state index is 0.0635. The summed E-state index contributed by atoms with van der Waals surface area (Å²) in [7, 11) is 0. The van der Waals surface area contributed by atoms with Crippen LogP contribution in [0.25, 0.3) is 0 Å². The third-order valence-corrected chi connectivity index (χ3v) is 2.27. The predicted molar refractivity (Wildman–Crippen MR) is 62.6 cm³/mol. The molecule has 0 bridgehead atoms. The van der Waals surface area contributed by atoms with Gasteiger partial charge in [-0.2, -0.15) is 8.78 Å². The summed E-state index contributed by atoms with van der Waals surface area (Å²) in [4.78, 5) is 0. The zero-order valence-electron chi connectivity index (χ0n) is 9.42. The first-order valence-corrected chi connectivity index (χ1v) is 5.42. The van der Waals surface area contributed by atoms with Gasteiger partial charge >= 0.3 is 0 Å². The first-order valence-electron chi connectivity index (χ1n) is 5.42. The monoisotopic (exact) mass is 225 g/mol. The third kappa shape index (κ3) is 4.11. The first kappa shape index (κ1) is 12.8. The van der Waals surface area contributed by atoms with Gasteiger partial charge in [-0.05, 0) is 19.9 Å². The smallest absolute Gasteiger partial charge is 0.285 e. The maximum atomic E-state index is 13.6. The lowest BCUT2D eigenvalue weighted by atomic mass is 10.1. The predicted octanol–water partition coefficient (Wildman–Crippen LogP) is 3.33. The van der Waals surface area contributed by atoms with Crippen molar-refractivity contribution in [1.29, 1.82) is 0 Å². The van der Waals surface area contributed by atoms with Gasteiger partial charge in [-0.3, -0.25) is 0 Å². The van der Waals surface area contributed by atoms with Crippen molar-refractivity contribution in [3.05, 3.63) is 48.0 Å². The fraction of sp³-hybridized carbons (Fsp3) is 0.385. The van der Waals surface area contributed by atoms with Crippen molar-refractivity contribution >= 4 is 0 Å². The van der Waals surface area contributed by atoms with Crippen molar-refractivity contribution in [3.8, 4) is 0 Å². The van der Waals surface area contributed by atoms with E-state index in [1.807, 2.05) is 19.1 Å². The molecule has 0 aliphatic heterocycles. The van der Waals surface area contributed by atoms with Gasteiger partial charge in [0.2, 0.25) is 0 Å². The van der Waals surface area contributed by atoms with Crippen LogP contribution in [0.4, 0.5) is 8.78 Å². The number of hydrogen-bond donors (Lipinski definition) is 1. The van der Waals surface area contributed by atoms with E-state index >= 15 is 0 Å². The van der Waals surface area contributed by atoms with Crippen LogP contribution in [0.15, 0.2) is 42.5 Å². The lowest BCUT2D eigenvalue weighted by Gasteiger charge is -2.17. The highest BCUT2D eigenvalue weighted by atomic mass is 19.3. The maximum absolute atomic E-state index is 13.6. The minimum atomic E-state index is -2.79. The molecule has 0 spiro atoms. The molecule has 0 saturated heterocycles. The van der Waals surface area contributed by atoms with Gasteiger partial charge in [-0.15, -0.1) is 0 Å². The zero-order chi connectivity index (χ0) is 11.9. The number of rotatable bonds is 6. The van der Waals surface area contributed by atoms with Gasteiger partial charge in [0.1, 0.15) is 0 Å². The second kappa shape index (κ2) is 6.38. The molecule has 0 fully saturated rings. The molecule has 88 valence electrons. The average Bonchev–Trinajstić information content (AvgIpc) is 2.30. The Morgan fingerprint density at radius 1 is 1.25 bits per heavy atom. The van der Waals surface area contributed by atoms with Crippen molar-refractivity contribution < 1.29 is 8.78 Å². The molecule has 0 aliphatic rings. The molecular formula is C13H17F2N. The molecule has 0 aliphatic carbocycles. The summed E-state index contributed by atoms with van der Waals surface area (Å²) in [5.41, 5.74) is 0.0635. The van der Waals surface area contributed by atoms with Crippen LogP contribution in [0.1, 0.15) is 18.9 Å². The molecule has 0 radical (unpaired) electrons. The highest BCUT2D eigenvalue weighted by Crippen LogP contribution is 2.26. The Bertz CT molecular complexity index is 320. The Morgan fingerprint density at radius 3 is 2.56 bits per heavy atom. The highest BCUT2D eigenvalue weighted by molar-refractivity contribution is 5.20. The highest BCUT2D eigenvalue weighted by Gasteiger charge is 2.30. The van der Waals surface area contributed by atoms with Crippen LogP contribution in [-0.2, 0) is 5.92 Å². The molecular weight excluding hydrogens is 208 g/mol. The molecule has 0 saturated carbocycles. The Balaban J connectivity index is 2.40. The summed E-state index contributed by atoms with van der Waals surface area (Å²) >= 11 is 0. The van der Waals surface area contributed by atoms with E-state index in [0.717, 1.165) is 6.42 Å². The topological polar surface area (TPSA) is 12.0 Å².